The van der Waals surface area contributed by atoms with Crippen LogP contribution in [0.1, 0.15) is 30.6 Å². The van der Waals surface area contributed by atoms with Gasteiger partial charge >= 0.3 is 5.97 Å². The molecule has 0 aliphatic carbocycles. The number of carbonyl (C=O) groups is 2. The van der Waals surface area contributed by atoms with Crippen LogP contribution in [0.4, 0.5) is 0 Å². The highest BCUT2D eigenvalue weighted by Crippen LogP contribution is 2.25. The molecule has 0 saturated carbocycles. The van der Waals surface area contributed by atoms with E-state index in [2.05, 4.69) is 5.32 Å². The molecule has 0 aliphatic rings. The summed E-state index contributed by atoms with van der Waals surface area (Å²) in [4.78, 5) is 25.8. The van der Waals surface area contributed by atoms with Gasteiger partial charge in [-0.05, 0) is 56.7 Å². The number of esters is 1. The van der Waals surface area contributed by atoms with Crippen LogP contribution >= 0.6 is 23.5 Å². The SMILES string of the molecule is COc1cc(SC)ccc1C(=O)NC(CCSC)C(=O)OC(C)C. The number of thioether (sulfide) groups is 2. The Balaban J connectivity index is 2.92. The monoisotopic (exact) mass is 371 g/mol. The maximum atomic E-state index is 12.6. The molecule has 1 atom stereocenters. The fraction of sp³-hybridized carbons (Fsp3) is 0.529. The summed E-state index contributed by atoms with van der Waals surface area (Å²) in [7, 11) is 1.52. The lowest BCUT2D eigenvalue weighted by Gasteiger charge is -2.19. The summed E-state index contributed by atoms with van der Waals surface area (Å²) in [5, 5.41) is 2.77. The third-order valence-electron chi connectivity index (χ3n) is 3.21. The van der Waals surface area contributed by atoms with Crippen LogP contribution in [0.2, 0.25) is 0 Å². The van der Waals surface area contributed by atoms with Crippen molar-refractivity contribution in [2.75, 3.05) is 25.4 Å². The van der Waals surface area contributed by atoms with Crippen LogP contribution in [0.5, 0.6) is 5.75 Å². The first-order valence-electron chi connectivity index (χ1n) is 7.65. The van der Waals surface area contributed by atoms with Gasteiger partial charge in [0.15, 0.2) is 0 Å². The van der Waals surface area contributed by atoms with Gasteiger partial charge in [0, 0.05) is 4.90 Å². The third kappa shape index (κ3) is 6.28. The predicted molar refractivity (Wildman–Crippen MR) is 100 cm³/mol. The molecular formula is C17H25NO4S2. The minimum absolute atomic E-state index is 0.221. The van der Waals surface area contributed by atoms with Crippen molar-refractivity contribution in [1.82, 2.24) is 5.32 Å². The van der Waals surface area contributed by atoms with E-state index < -0.39 is 12.0 Å². The minimum Gasteiger partial charge on any atom is -0.496 e. The molecule has 24 heavy (non-hydrogen) atoms. The molecule has 1 rings (SSSR count). The number of carbonyl (C=O) groups excluding carboxylic acids is 2. The summed E-state index contributed by atoms with van der Waals surface area (Å²) in [5.74, 6) is 0.486. The van der Waals surface area contributed by atoms with E-state index in [1.54, 1.807) is 43.4 Å². The Kier molecular flexibility index (Phi) is 9.07. The fourth-order valence-corrected chi connectivity index (χ4v) is 2.92. The molecule has 1 unspecified atom stereocenters. The first kappa shape index (κ1) is 20.7. The standard InChI is InChI=1S/C17H25NO4S2/c1-11(2)22-17(20)14(8-9-23-4)18-16(19)13-7-6-12(24-5)10-15(13)21-3/h6-7,10-11,14H,8-9H2,1-5H3,(H,18,19). The molecule has 0 fully saturated rings. The second kappa shape index (κ2) is 10.5. The van der Waals surface area contributed by atoms with Gasteiger partial charge in [-0.15, -0.1) is 11.8 Å². The van der Waals surface area contributed by atoms with Gasteiger partial charge in [0.1, 0.15) is 11.8 Å². The highest BCUT2D eigenvalue weighted by atomic mass is 32.2. The number of ether oxygens (including phenoxy) is 2. The van der Waals surface area contributed by atoms with Gasteiger partial charge in [-0.2, -0.15) is 11.8 Å². The molecule has 0 heterocycles. The van der Waals surface area contributed by atoms with Gasteiger partial charge < -0.3 is 14.8 Å². The van der Waals surface area contributed by atoms with E-state index in [0.717, 1.165) is 10.6 Å². The smallest absolute Gasteiger partial charge is 0.328 e. The van der Waals surface area contributed by atoms with Crippen molar-refractivity contribution < 1.29 is 19.1 Å². The molecule has 0 aliphatic heterocycles. The number of amides is 1. The lowest BCUT2D eigenvalue weighted by Crippen LogP contribution is -2.43. The first-order valence-corrected chi connectivity index (χ1v) is 10.3. The Morgan fingerprint density at radius 1 is 1.25 bits per heavy atom. The first-order chi connectivity index (χ1) is 11.4. The van der Waals surface area contributed by atoms with Crippen molar-refractivity contribution in [2.45, 2.75) is 37.3 Å². The molecule has 0 aromatic heterocycles. The van der Waals surface area contributed by atoms with Gasteiger partial charge in [-0.3, -0.25) is 4.79 Å². The second-order valence-corrected chi connectivity index (χ2v) is 7.22. The Hall–Kier alpha value is -1.34. The van der Waals surface area contributed by atoms with Crippen molar-refractivity contribution in [2.24, 2.45) is 0 Å². The number of benzene rings is 1. The van der Waals surface area contributed by atoms with Gasteiger partial charge in [0.25, 0.3) is 5.91 Å². The van der Waals surface area contributed by atoms with Gasteiger partial charge in [0.2, 0.25) is 0 Å². The minimum atomic E-state index is -0.669. The molecule has 5 nitrogen and oxygen atoms in total. The largest absolute Gasteiger partial charge is 0.496 e. The summed E-state index contributed by atoms with van der Waals surface area (Å²) in [6, 6.07) is 4.70. The van der Waals surface area contributed by atoms with Crippen molar-refractivity contribution in [3.05, 3.63) is 23.8 Å². The Bertz CT molecular complexity index is 564. The molecule has 0 bridgehead atoms. The quantitative estimate of drug-likeness (QED) is 0.531. The Morgan fingerprint density at radius 2 is 1.96 bits per heavy atom. The van der Waals surface area contributed by atoms with E-state index in [0.29, 0.717) is 17.7 Å². The molecule has 1 N–H and O–H groups in total. The summed E-state index contributed by atoms with van der Waals surface area (Å²) < 4.78 is 10.5. The van der Waals surface area contributed by atoms with Gasteiger partial charge in [0.05, 0.1) is 18.8 Å². The maximum absolute atomic E-state index is 12.6. The highest BCUT2D eigenvalue weighted by molar-refractivity contribution is 7.98. The summed E-state index contributed by atoms with van der Waals surface area (Å²) >= 11 is 3.18. The Morgan fingerprint density at radius 3 is 2.50 bits per heavy atom. The van der Waals surface area contributed by atoms with Crippen molar-refractivity contribution in [1.29, 1.82) is 0 Å². The zero-order chi connectivity index (χ0) is 18.1. The van der Waals surface area contributed by atoms with E-state index in [4.69, 9.17) is 9.47 Å². The lowest BCUT2D eigenvalue weighted by molar-refractivity contribution is -0.149. The molecule has 0 saturated heterocycles. The highest BCUT2D eigenvalue weighted by Gasteiger charge is 2.24. The van der Waals surface area contributed by atoms with Crippen molar-refractivity contribution >= 4 is 35.4 Å². The predicted octanol–water partition coefficient (Wildman–Crippen LogP) is 3.22. The van der Waals surface area contributed by atoms with Gasteiger partial charge in [-0.25, -0.2) is 4.79 Å². The van der Waals surface area contributed by atoms with Crippen LogP contribution in [0, 0.1) is 0 Å². The summed E-state index contributed by atoms with van der Waals surface area (Å²) in [6.45, 7) is 3.57. The zero-order valence-corrected chi connectivity index (χ0v) is 16.4. The Labute approximate surface area is 152 Å². The molecule has 1 aromatic rings. The molecule has 1 amide bonds. The van der Waals surface area contributed by atoms with E-state index in [9.17, 15) is 9.59 Å². The second-order valence-electron chi connectivity index (χ2n) is 5.36. The number of rotatable bonds is 9. The number of hydrogen-bond donors (Lipinski definition) is 1. The molecule has 1 aromatic carbocycles. The molecule has 134 valence electrons. The number of nitrogens with one attached hydrogen (secondary N) is 1. The zero-order valence-electron chi connectivity index (χ0n) is 14.8. The molecular weight excluding hydrogens is 346 g/mol. The molecule has 0 spiro atoms. The number of hydrogen-bond acceptors (Lipinski definition) is 6. The van der Waals surface area contributed by atoms with Crippen LogP contribution < -0.4 is 10.1 Å². The van der Waals surface area contributed by atoms with E-state index >= 15 is 0 Å². The fourth-order valence-electron chi connectivity index (χ4n) is 2.02. The van der Waals surface area contributed by atoms with E-state index in [1.807, 2.05) is 24.6 Å². The van der Waals surface area contributed by atoms with Gasteiger partial charge in [-0.1, -0.05) is 0 Å². The van der Waals surface area contributed by atoms with Crippen LogP contribution in [-0.4, -0.2) is 49.4 Å². The summed E-state index contributed by atoms with van der Waals surface area (Å²) in [6.07, 6.45) is 4.21. The third-order valence-corrected chi connectivity index (χ3v) is 4.57. The average molecular weight is 372 g/mol. The lowest BCUT2D eigenvalue weighted by atomic mass is 10.1. The van der Waals surface area contributed by atoms with Crippen LogP contribution in [0.25, 0.3) is 0 Å². The molecule has 7 heteroatoms. The maximum Gasteiger partial charge on any atom is 0.328 e. The average Bonchev–Trinajstić information content (AvgIpc) is 2.56. The topological polar surface area (TPSA) is 64.6 Å². The normalized spacial score (nSPS) is 11.9. The van der Waals surface area contributed by atoms with Crippen LogP contribution in [-0.2, 0) is 9.53 Å². The van der Waals surface area contributed by atoms with Crippen LogP contribution in [0.15, 0.2) is 23.1 Å². The van der Waals surface area contributed by atoms with Crippen molar-refractivity contribution in [3.8, 4) is 5.75 Å². The van der Waals surface area contributed by atoms with E-state index in [-0.39, 0.29) is 12.0 Å². The number of methoxy groups -OCH3 is 1. The molecule has 0 radical (unpaired) electrons. The summed E-state index contributed by atoms with van der Waals surface area (Å²) in [5.41, 5.74) is 0.404. The van der Waals surface area contributed by atoms with Crippen molar-refractivity contribution in [3.63, 3.8) is 0 Å². The van der Waals surface area contributed by atoms with Crippen LogP contribution in [0.3, 0.4) is 0 Å². The van der Waals surface area contributed by atoms with E-state index in [1.165, 1.54) is 7.11 Å².